The third-order valence-corrected chi connectivity index (χ3v) is 8.54. The van der Waals surface area contributed by atoms with Crippen LogP contribution >= 0.6 is 23.2 Å². The van der Waals surface area contributed by atoms with Crippen molar-refractivity contribution in [2.45, 2.75) is 25.2 Å². The molecule has 1 amide bonds. The maximum absolute atomic E-state index is 13.4. The molecule has 0 bridgehead atoms. The van der Waals surface area contributed by atoms with E-state index >= 15 is 0 Å². The predicted molar refractivity (Wildman–Crippen MR) is 156 cm³/mol. The largest absolute Gasteiger partial charge is 0.318 e. The first-order chi connectivity index (χ1) is 18.6. The highest BCUT2D eigenvalue weighted by Gasteiger charge is 2.26. The number of halogens is 2. The molecule has 202 valence electrons. The van der Waals surface area contributed by atoms with Gasteiger partial charge in [0, 0.05) is 39.2 Å². The summed E-state index contributed by atoms with van der Waals surface area (Å²) in [7, 11) is -3.96. The Bertz CT molecular complexity index is 1580. The molecule has 0 atom stereocenters. The zero-order chi connectivity index (χ0) is 28.0. The Morgan fingerprint density at radius 2 is 1.67 bits per heavy atom. The molecule has 10 heteroatoms. The summed E-state index contributed by atoms with van der Waals surface area (Å²) in [5.41, 5.74) is 7.05. The highest BCUT2D eigenvalue weighted by atomic mass is 35.5. The Morgan fingerprint density at radius 1 is 0.949 bits per heavy atom. The van der Waals surface area contributed by atoms with E-state index < -0.39 is 22.5 Å². The van der Waals surface area contributed by atoms with E-state index in [1.54, 1.807) is 6.21 Å². The van der Waals surface area contributed by atoms with E-state index in [9.17, 15) is 13.2 Å². The zero-order valence-electron chi connectivity index (χ0n) is 21.5. The summed E-state index contributed by atoms with van der Waals surface area (Å²) in [6.07, 6.45) is 1.99. The number of benzene rings is 3. The van der Waals surface area contributed by atoms with E-state index in [2.05, 4.69) is 10.5 Å². The molecule has 39 heavy (non-hydrogen) atoms. The smallest absolute Gasteiger partial charge is 0.255 e. The third kappa shape index (κ3) is 7.16. The molecule has 1 aromatic heterocycles. The van der Waals surface area contributed by atoms with Gasteiger partial charge in [-0.15, -0.1) is 0 Å². The van der Waals surface area contributed by atoms with Gasteiger partial charge in [0.25, 0.3) is 5.91 Å². The number of hydrazone groups is 1. The fourth-order valence-corrected chi connectivity index (χ4v) is 5.95. The summed E-state index contributed by atoms with van der Waals surface area (Å²) in [5.74, 6) is -0.555. The number of aryl methyl sites for hydroxylation is 1. The van der Waals surface area contributed by atoms with Crippen LogP contribution in [0.1, 0.15) is 22.5 Å². The SMILES string of the molecule is Cc1cc(/C=N/NC(=O)CN(CCc2ccccc2)S(=O)(=O)c2ccc(Cl)cc2)c(C)n1-c1cccc(Cl)c1. The lowest BCUT2D eigenvalue weighted by molar-refractivity contribution is -0.121. The zero-order valence-corrected chi connectivity index (χ0v) is 23.8. The van der Waals surface area contributed by atoms with Gasteiger partial charge in [0.15, 0.2) is 0 Å². The fourth-order valence-electron chi connectivity index (χ4n) is 4.24. The van der Waals surface area contributed by atoms with E-state index in [0.29, 0.717) is 16.5 Å². The van der Waals surface area contributed by atoms with Crippen LogP contribution in [0, 0.1) is 13.8 Å². The van der Waals surface area contributed by atoms with Crippen LogP contribution in [-0.4, -0.2) is 42.5 Å². The molecular weight excluding hydrogens is 555 g/mol. The third-order valence-electron chi connectivity index (χ3n) is 6.19. The van der Waals surface area contributed by atoms with Crippen LogP contribution in [0.5, 0.6) is 0 Å². The van der Waals surface area contributed by atoms with Gasteiger partial charge >= 0.3 is 0 Å². The van der Waals surface area contributed by atoms with Crippen LogP contribution < -0.4 is 5.43 Å². The average Bonchev–Trinajstić information content (AvgIpc) is 3.19. The van der Waals surface area contributed by atoms with Crippen LogP contribution in [0.25, 0.3) is 5.69 Å². The van der Waals surface area contributed by atoms with E-state index in [1.165, 1.54) is 24.3 Å². The molecule has 0 aliphatic rings. The van der Waals surface area contributed by atoms with Crippen LogP contribution in [0.3, 0.4) is 0 Å². The number of hydrogen-bond acceptors (Lipinski definition) is 4. The van der Waals surface area contributed by atoms with Gasteiger partial charge in [0.05, 0.1) is 17.7 Å². The molecule has 1 N–H and O–H groups in total. The molecule has 0 saturated heterocycles. The van der Waals surface area contributed by atoms with Gasteiger partial charge in [0.2, 0.25) is 10.0 Å². The van der Waals surface area contributed by atoms with Crippen molar-refractivity contribution in [1.82, 2.24) is 14.3 Å². The molecule has 0 aliphatic heterocycles. The maximum atomic E-state index is 13.4. The topological polar surface area (TPSA) is 83.8 Å². The van der Waals surface area contributed by atoms with Crippen LogP contribution in [0.15, 0.2) is 94.9 Å². The summed E-state index contributed by atoms with van der Waals surface area (Å²) < 4.78 is 30.0. The van der Waals surface area contributed by atoms with Crippen LogP contribution in [-0.2, 0) is 21.2 Å². The van der Waals surface area contributed by atoms with Gasteiger partial charge in [-0.2, -0.15) is 9.41 Å². The fraction of sp³-hybridized carbons (Fsp3) is 0.172. The van der Waals surface area contributed by atoms with Gasteiger partial charge < -0.3 is 4.57 Å². The number of amides is 1. The molecule has 0 spiro atoms. The number of nitrogens with zero attached hydrogens (tertiary/aromatic N) is 3. The number of hydrogen-bond donors (Lipinski definition) is 1. The first-order valence-corrected chi connectivity index (χ1v) is 14.4. The van der Waals surface area contributed by atoms with Gasteiger partial charge in [-0.1, -0.05) is 59.6 Å². The molecule has 3 aromatic carbocycles. The van der Waals surface area contributed by atoms with Crippen LogP contribution in [0.2, 0.25) is 10.0 Å². The van der Waals surface area contributed by atoms with Gasteiger partial charge in [0.1, 0.15) is 0 Å². The Morgan fingerprint density at radius 3 is 2.36 bits per heavy atom. The first-order valence-electron chi connectivity index (χ1n) is 12.2. The predicted octanol–water partition coefficient (Wildman–Crippen LogP) is 5.78. The number of carbonyl (C=O) groups is 1. The molecular formula is C29H28Cl2N4O3S. The number of sulfonamides is 1. The van der Waals surface area contributed by atoms with E-state index in [4.69, 9.17) is 23.2 Å². The lowest BCUT2D eigenvalue weighted by Gasteiger charge is -2.21. The lowest BCUT2D eigenvalue weighted by Crippen LogP contribution is -2.40. The molecule has 0 fully saturated rings. The van der Waals surface area contributed by atoms with E-state index in [-0.39, 0.29) is 11.4 Å². The normalized spacial score (nSPS) is 11.8. The molecule has 0 aliphatic carbocycles. The maximum Gasteiger partial charge on any atom is 0.255 e. The van der Waals surface area contributed by atoms with Crippen molar-refractivity contribution in [2.75, 3.05) is 13.1 Å². The summed E-state index contributed by atoms with van der Waals surface area (Å²) in [4.78, 5) is 12.9. The van der Waals surface area contributed by atoms with E-state index in [1.807, 2.05) is 79.1 Å². The highest BCUT2D eigenvalue weighted by Crippen LogP contribution is 2.22. The Hall–Kier alpha value is -3.43. The molecule has 0 radical (unpaired) electrons. The lowest BCUT2D eigenvalue weighted by atomic mass is 10.1. The molecule has 7 nitrogen and oxygen atoms in total. The highest BCUT2D eigenvalue weighted by molar-refractivity contribution is 7.89. The summed E-state index contributed by atoms with van der Waals surface area (Å²) >= 11 is 12.1. The Kier molecular flexibility index (Phi) is 9.24. The minimum Gasteiger partial charge on any atom is -0.318 e. The molecule has 4 rings (SSSR count). The molecule has 4 aromatic rings. The number of carbonyl (C=O) groups excluding carboxylic acids is 1. The number of rotatable bonds is 10. The van der Waals surface area contributed by atoms with Crippen molar-refractivity contribution >= 4 is 45.3 Å². The monoisotopic (exact) mass is 582 g/mol. The van der Waals surface area contributed by atoms with Crippen molar-refractivity contribution in [1.29, 1.82) is 0 Å². The van der Waals surface area contributed by atoms with Crippen molar-refractivity contribution < 1.29 is 13.2 Å². The summed E-state index contributed by atoms with van der Waals surface area (Å²) in [5, 5.41) is 5.16. The molecule has 0 saturated carbocycles. The number of aromatic nitrogens is 1. The van der Waals surface area contributed by atoms with Crippen molar-refractivity contribution in [2.24, 2.45) is 5.10 Å². The molecule has 1 heterocycles. The van der Waals surface area contributed by atoms with Crippen molar-refractivity contribution in [3.05, 3.63) is 117 Å². The van der Waals surface area contributed by atoms with Gasteiger partial charge in [-0.05, 0) is 74.4 Å². The first kappa shape index (κ1) is 28.6. The van der Waals surface area contributed by atoms with Gasteiger partial charge in [-0.3, -0.25) is 4.79 Å². The average molecular weight is 584 g/mol. The second kappa shape index (κ2) is 12.6. The quantitative estimate of drug-likeness (QED) is 0.190. The summed E-state index contributed by atoms with van der Waals surface area (Å²) in [6, 6.07) is 24.8. The number of nitrogens with one attached hydrogen (secondary N) is 1. The van der Waals surface area contributed by atoms with Crippen LogP contribution in [0.4, 0.5) is 0 Å². The second-order valence-electron chi connectivity index (χ2n) is 8.96. The standard InChI is InChI=1S/C29H28Cl2N4O3S/c1-21-17-24(22(2)35(21)27-10-6-9-26(31)18-27)19-32-33-29(36)20-34(16-15-23-7-4-3-5-8-23)39(37,38)28-13-11-25(30)12-14-28/h3-14,17-19H,15-16,20H2,1-2H3,(H,33,36)/b32-19+. The van der Waals surface area contributed by atoms with Gasteiger partial charge in [-0.25, -0.2) is 13.8 Å². The van der Waals surface area contributed by atoms with Crippen molar-refractivity contribution in [3.63, 3.8) is 0 Å². The van der Waals surface area contributed by atoms with E-state index in [0.717, 1.165) is 32.5 Å². The Balaban J connectivity index is 1.49. The second-order valence-corrected chi connectivity index (χ2v) is 11.8. The minimum atomic E-state index is -3.96. The summed E-state index contributed by atoms with van der Waals surface area (Å²) in [6.45, 7) is 3.64. The van der Waals surface area contributed by atoms with Crippen molar-refractivity contribution in [3.8, 4) is 5.69 Å². The minimum absolute atomic E-state index is 0.0599. The molecule has 0 unspecified atom stereocenters. The Labute approximate surface area is 238 Å².